The van der Waals surface area contributed by atoms with Crippen LogP contribution in [0.2, 0.25) is 0 Å². The number of fused-ring (bicyclic) bond motifs is 1. The molecule has 0 saturated heterocycles. The van der Waals surface area contributed by atoms with E-state index in [9.17, 15) is 4.79 Å². The van der Waals surface area contributed by atoms with Crippen LogP contribution in [-0.4, -0.2) is 31.7 Å². The summed E-state index contributed by atoms with van der Waals surface area (Å²) < 4.78 is 10.9. The van der Waals surface area contributed by atoms with Gasteiger partial charge in [0.25, 0.3) is 5.91 Å². The zero-order valence-electron chi connectivity index (χ0n) is 14.2. The van der Waals surface area contributed by atoms with Crippen molar-refractivity contribution in [3.63, 3.8) is 0 Å². The maximum absolute atomic E-state index is 12.7. The van der Waals surface area contributed by atoms with Crippen LogP contribution in [0.3, 0.4) is 0 Å². The molecule has 0 fully saturated rings. The Morgan fingerprint density at radius 2 is 1.71 bits per heavy atom. The number of carbonyl (C=O) groups is 1. The van der Waals surface area contributed by atoms with Gasteiger partial charge in [0.1, 0.15) is 23.6 Å². The summed E-state index contributed by atoms with van der Waals surface area (Å²) in [5, 5.41) is 3.29. The zero-order valence-corrected chi connectivity index (χ0v) is 14.2. The number of carbonyl (C=O) groups excluding carboxylic acids is 1. The first-order valence-electron chi connectivity index (χ1n) is 7.97. The normalized spacial score (nSPS) is 15.5. The molecule has 0 spiro atoms. The minimum absolute atomic E-state index is 0.0412. The molecule has 1 amide bonds. The topological polar surface area (TPSA) is 50.8 Å². The fraction of sp³-hybridized carbons (Fsp3) is 0.316. The predicted molar refractivity (Wildman–Crippen MR) is 95.0 cm³/mol. The molecule has 5 heteroatoms. The van der Waals surface area contributed by atoms with Gasteiger partial charge in [-0.2, -0.15) is 0 Å². The summed E-state index contributed by atoms with van der Waals surface area (Å²) in [5.41, 5.74) is 1.22. The van der Waals surface area contributed by atoms with Gasteiger partial charge in [0, 0.05) is 0 Å². The number of amides is 1. The van der Waals surface area contributed by atoms with Crippen molar-refractivity contribution >= 4 is 17.3 Å². The van der Waals surface area contributed by atoms with Crippen LogP contribution in [0.1, 0.15) is 13.8 Å². The van der Waals surface area contributed by atoms with Crippen LogP contribution in [0.5, 0.6) is 11.5 Å². The van der Waals surface area contributed by atoms with Crippen LogP contribution in [0.25, 0.3) is 0 Å². The van der Waals surface area contributed by atoms with E-state index in [0.717, 1.165) is 22.9 Å². The molecule has 0 aromatic heterocycles. The smallest absolute Gasteiger partial charge is 0.252 e. The molecule has 1 heterocycles. The number of rotatable bonds is 5. The molecule has 126 valence electrons. The van der Waals surface area contributed by atoms with Crippen molar-refractivity contribution in [2.75, 3.05) is 30.5 Å². The number of nitrogens with one attached hydrogen (secondary N) is 1. The Labute approximate surface area is 142 Å². The number of hydrogen-bond donors (Lipinski definition) is 1. The Morgan fingerprint density at radius 1 is 1.04 bits per heavy atom. The highest BCUT2D eigenvalue weighted by Crippen LogP contribution is 2.34. The Hall–Kier alpha value is -2.69. The first-order valence-corrected chi connectivity index (χ1v) is 7.97. The van der Waals surface area contributed by atoms with Crippen LogP contribution in [0.15, 0.2) is 48.5 Å². The van der Waals surface area contributed by atoms with Crippen molar-refractivity contribution in [2.45, 2.75) is 19.4 Å². The minimum Gasteiger partial charge on any atom is -0.497 e. The lowest BCUT2D eigenvalue weighted by molar-refractivity contribution is -0.122. The van der Waals surface area contributed by atoms with Crippen LogP contribution >= 0.6 is 0 Å². The van der Waals surface area contributed by atoms with Crippen molar-refractivity contribution in [2.24, 2.45) is 0 Å². The number of nitrogens with zero attached hydrogens (tertiary/aromatic N) is 1. The Morgan fingerprint density at radius 3 is 2.42 bits per heavy atom. The van der Waals surface area contributed by atoms with Gasteiger partial charge in [-0.25, -0.2) is 0 Å². The first-order chi connectivity index (χ1) is 11.5. The van der Waals surface area contributed by atoms with E-state index in [-0.39, 0.29) is 5.91 Å². The third-order valence-corrected chi connectivity index (χ3v) is 4.06. The van der Waals surface area contributed by atoms with Crippen LogP contribution in [-0.2, 0) is 4.79 Å². The molecule has 1 aliphatic rings. The second-order valence-electron chi connectivity index (χ2n) is 6.25. The quantitative estimate of drug-likeness (QED) is 0.916. The molecule has 2 aromatic carbocycles. The molecule has 1 aliphatic heterocycles. The molecule has 0 atom stereocenters. The van der Waals surface area contributed by atoms with E-state index in [1.165, 1.54) is 0 Å². The van der Waals surface area contributed by atoms with Gasteiger partial charge in [0.05, 0.1) is 25.0 Å². The third kappa shape index (κ3) is 3.15. The molecular weight excluding hydrogens is 304 g/mol. The molecule has 1 N–H and O–H groups in total. The Kier molecular flexibility index (Phi) is 4.34. The lowest BCUT2D eigenvalue weighted by atomic mass is 9.98. The molecule has 0 bridgehead atoms. The molecule has 2 aromatic rings. The molecule has 0 unspecified atom stereocenters. The number of benzene rings is 2. The maximum Gasteiger partial charge on any atom is 0.252 e. The number of anilines is 2. The van der Waals surface area contributed by atoms with E-state index in [0.29, 0.717) is 13.2 Å². The summed E-state index contributed by atoms with van der Waals surface area (Å²) in [6, 6.07) is 15.2. The summed E-state index contributed by atoms with van der Waals surface area (Å²) in [7, 11) is 1.63. The molecule has 0 radical (unpaired) electrons. The van der Waals surface area contributed by atoms with Crippen molar-refractivity contribution in [1.29, 1.82) is 0 Å². The fourth-order valence-corrected chi connectivity index (χ4v) is 2.80. The summed E-state index contributed by atoms with van der Waals surface area (Å²) in [6.07, 6.45) is 0. The summed E-state index contributed by atoms with van der Waals surface area (Å²) in [6.45, 7) is 4.70. The van der Waals surface area contributed by atoms with Gasteiger partial charge >= 0.3 is 0 Å². The summed E-state index contributed by atoms with van der Waals surface area (Å²) in [4.78, 5) is 14.5. The van der Waals surface area contributed by atoms with Crippen LogP contribution < -0.4 is 19.7 Å². The minimum atomic E-state index is -0.630. The van der Waals surface area contributed by atoms with Gasteiger partial charge in [0.2, 0.25) is 0 Å². The van der Waals surface area contributed by atoms with Crippen molar-refractivity contribution in [1.82, 2.24) is 0 Å². The van der Waals surface area contributed by atoms with E-state index in [1.54, 1.807) is 12.0 Å². The van der Waals surface area contributed by atoms with E-state index < -0.39 is 5.54 Å². The highest BCUT2D eigenvalue weighted by Gasteiger charge is 2.38. The number of methoxy groups -OCH3 is 1. The summed E-state index contributed by atoms with van der Waals surface area (Å²) >= 11 is 0. The number of ether oxygens (including phenoxy) is 2. The lowest BCUT2D eigenvalue weighted by Gasteiger charge is -2.39. The largest absolute Gasteiger partial charge is 0.497 e. The molecule has 24 heavy (non-hydrogen) atoms. The van der Waals surface area contributed by atoms with Gasteiger partial charge in [-0.05, 0) is 50.2 Å². The van der Waals surface area contributed by atoms with Crippen LogP contribution in [0, 0.1) is 0 Å². The van der Waals surface area contributed by atoms with E-state index in [1.807, 2.05) is 62.4 Å². The number of para-hydroxylation sites is 2. The number of hydrogen-bond acceptors (Lipinski definition) is 4. The SMILES string of the molecule is COc1ccc(OCCN2C(=O)C(C)(C)Nc3ccccc32)cc1. The highest BCUT2D eigenvalue weighted by molar-refractivity contribution is 6.07. The second kappa shape index (κ2) is 6.43. The second-order valence-corrected chi connectivity index (χ2v) is 6.25. The van der Waals surface area contributed by atoms with Gasteiger partial charge < -0.3 is 19.7 Å². The standard InChI is InChI=1S/C19H22N2O3/c1-19(2)18(22)21(17-7-5-4-6-16(17)20-19)12-13-24-15-10-8-14(23-3)9-11-15/h4-11,20H,12-13H2,1-3H3. The zero-order chi connectivity index (χ0) is 17.2. The molecular formula is C19H22N2O3. The van der Waals surface area contributed by atoms with Crippen molar-refractivity contribution in [3.05, 3.63) is 48.5 Å². The highest BCUT2D eigenvalue weighted by atomic mass is 16.5. The Bertz CT molecular complexity index is 726. The predicted octanol–water partition coefficient (Wildman–Crippen LogP) is 3.31. The van der Waals surface area contributed by atoms with Gasteiger partial charge in [-0.1, -0.05) is 12.1 Å². The fourth-order valence-electron chi connectivity index (χ4n) is 2.80. The van der Waals surface area contributed by atoms with Crippen molar-refractivity contribution in [3.8, 4) is 11.5 Å². The van der Waals surface area contributed by atoms with Gasteiger partial charge in [0.15, 0.2) is 0 Å². The average Bonchev–Trinajstić information content (AvgIpc) is 2.58. The molecule has 5 nitrogen and oxygen atoms in total. The maximum atomic E-state index is 12.7. The molecule has 3 rings (SSSR count). The lowest BCUT2D eigenvalue weighted by Crippen LogP contribution is -2.54. The average molecular weight is 326 g/mol. The molecule has 0 saturated carbocycles. The van der Waals surface area contributed by atoms with Gasteiger partial charge in [-0.15, -0.1) is 0 Å². The third-order valence-electron chi connectivity index (χ3n) is 4.06. The summed E-state index contributed by atoms with van der Waals surface area (Å²) in [5.74, 6) is 1.58. The monoisotopic (exact) mass is 326 g/mol. The van der Waals surface area contributed by atoms with E-state index in [2.05, 4.69) is 5.32 Å². The molecule has 0 aliphatic carbocycles. The van der Waals surface area contributed by atoms with Crippen LogP contribution in [0.4, 0.5) is 11.4 Å². The van der Waals surface area contributed by atoms with E-state index >= 15 is 0 Å². The van der Waals surface area contributed by atoms with Gasteiger partial charge in [-0.3, -0.25) is 4.79 Å². The Balaban J connectivity index is 1.70. The van der Waals surface area contributed by atoms with Crippen molar-refractivity contribution < 1.29 is 14.3 Å². The van der Waals surface area contributed by atoms with E-state index in [4.69, 9.17) is 9.47 Å². The first kappa shape index (κ1) is 16.2.